The topological polar surface area (TPSA) is 12.9 Å². The molecule has 2 rings (SSSR count). The third kappa shape index (κ3) is 7.06. The highest BCUT2D eigenvalue weighted by atomic mass is 32.1. The maximum Gasteiger partial charge on any atom is 0.0900 e. The SMILES string of the molecule is CC.CCCF.Cc1ccc(-c2cnc(C)s2)cc1. The van der Waals surface area contributed by atoms with E-state index in [9.17, 15) is 4.39 Å². The van der Waals surface area contributed by atoms with E-state index >= 15 is 0 Å². The molecule has 0 unspecified atom stereocenters. The summed E-state index contributed by atoms with van der Waals surface area (Å²) < 4.78 is 10.7. The second-order valence-electron chi connectivity index (χ2n) is 3.80. The lowest BCUT2D eigenvalue weighted by Gasteiger charge is -1.96. The zero-order valence-corrected chi connectivity index (χ0v) is 13.4. The first-order valence-electron chi connectivity index (χ1n) is 6.72. The summed E-state index contributed by atoms with van der Waals surface area (Å²) in [5.74, 6) is 0. The van der Waals surface area contributed by atoms with Gasteiger partial charge in [-0.15, -0.1) is 11.3 Å². The molecule has 0 aliphatic rings. The monoisotopic (exact) mass is 281 g/mol. The number of aryl methyl sites for hydroxylation is 2. The number of aromatic nitrogens is 1. The minimum Gasteiger partial charge on any atom is -0.251 e. The molecule has 1 nitrogen and oxygen atoms in total. The quantitative estimate of drug-likeness (QED) is 0.676. The van der Waals surface area contributed by atoms with Crippen molar-refractivity contribution in [3.8, 4) is 10.4 Å². The van der Waals surface area contributed by atoms with Crippen molar-refractivity contribution in [3.63, 3.8) is 0 Å². The Hall–Kier alpha value is -1.22. The molecule has 3 heteroatoms. The third-order valence-electron chi connectivity index (χ3n) is 2.15. The third-order valence-corrected chi connectivity index (χ3v) is 3.11. The summed E-state index contributed by atoms with van der Waals surface area (Å²) in [6.07, 6.45) is 2.59. The summed E-state index contributed by atoms with van der Waals surface area (Å²) in [6, 6.07) is 8.54. The van der Waals surface area contributed by atoms with Crippen LogP contribution in [0.25, 0.3) is 10.4 Å². The number of alkyl halides is 1. The van der Waals surface area contributed by atoms with E-state index in [4.69, 9.17) is 0 Å². The van der Waals surface area contributed by atoms with Gasteiger partial charge in [0, 0.05) is 6.20 Å². The molecule has 0 radical (unpaired) electrons. The predicted molar refractivity (Wildman–Crippen MR) is 84.6 cm³/mol. The second-order valence-corrected chi connectivity index (χ2v) is 5.03. The van der Waals surface area contributed by atoms with Crippen LogP contribution in [0.4, 0.5) is 4.39 Å². The fraction of sp³-hybridized carbons (Fsp3) is 0.438. The summed E-state index contributed by atoms with van der Waals surface area (Å²) in [4.78, 5) is 5.48. The predicted octanol–water partition coefficient (Wildman–Crippen LogP) is 5.82. The molecule has 0 saturated carbocycles. The Morgan fingerprint density at radius 2 is 1.63 bits per heavy atom. The van der Waals surface area contributed by atoms with Gasteiger partial charge in [-0.3, -0.25) is 4.39 Å². The molecular formula is C16H24FNS. The van der Waals surface area contributed by atoms with E-state index in [0.717, 1.165) is 5.01 Å². The molecule has 0 aliphatic heterocycles. The molecule has 19 heavy (non-hydrogen) atoms. The number of thiazole rings is 1. The molecule has 1 aromatic carbocycles. The highest BCUT2D eigenvalue weighted by Gasteiger charge is 2.00. The van der Waals surface area contributed by atoms with Gasteiger partial charge < -0.3 is 0 Å². The van der Waals surface area contributed by atoms with Gasteiger partial charge in [0.1, 0.15) is 0 Å². The molecule has 0 amide bonds. The molecule has 2 aromatic rings. The molecule has 0 bridgehead atoms. The molecule has 0 N–H and O–H groups in total. The summed E-state index contributed by atoms with van der Waals surface area (Å²) in [7, 11) is 0. The van der Waals surface area contributed by atoms with Crippen LogP contribution >= 0.6 is 11.3 Å². The van der Waals surface area contributed by atoms with Crippen molar-refractivity contribution >= 4 is 11.3 Å². The van der Waals surface area contributed by atoms with Gasteiger partial charge >= 0.3 is 0 Å². The fourth-order valence-corrected chi connectivity index (χ4v) is 2.00. The Balaban J connectivity index is 0.000000467. The van der Waals surface area contributed by atoms with Crippen molar-refractivity contribution in [2.45, 2.75) is 41.0 Å². The van der Waals surface area contributed by atoms with E-state index in [0.29, 0.717) is 6.42 Å². The Morgan fingerprint density at radius 1 is 1.11 bits per heavy atom. The number of hydrogen-bond acceptors (Lipinski definition) is 2. The van der Waals surface area contributed by atoms with Gasteiger partial charge in [0.2, 0.25) is 0 Å². The normalized spacial score (nSPS) is 8.95. The second kappa shape index (κ2) is 10.7. The molecule has 0 spiro atoms. The highest BCUT2D eigenvalue weighted by Crippen LogP contribution is 2.25. The Kier molecular flexibility index (Phi) is 9.99. The minimum absolute atomic E-state index is 0.181. The average Bonchev–Trinajstić information content (AvgIpc) is 2.89. The smallest absolute Gasteiger partial charge is 0.0900 e. The summed E-state index contributed by atoms with van der Waals surface area (Å²) in [6.45, 7) is 9.75. The Bertz CT molecular complexity index is 432. The molecule has 0 aliphatic carbocycles. The summed E-state index contributed by atoms with van der Waals surface area (Å²) in [5, 5.41) is 1.12. The zero-order valence-electron chi connectivity index (χ0n) is 12.5. The van der Waals surface area contributed by atoms with E-state index < -0.39 is 0 Å². The van der Waals surface area contributed by atoms with Crippen molar-refractivity contribution in [3.05, 3.63) is 41.0 Å². The number of halogens is 1. The van der Waals surface area contributed by atoms with Gasteiger partial charge in [0.15, 0.2) is 0 Å². The van der Waals surface area contributed by atoms with Crippen LogP contribution in [0.3, 0.4) is 0 Å². The van der Waals surface area contributed by atoms with E-state index in [1.807, 2.05) is 27.0 Å². The van der Waals surface area contributed by atoms with Crippen LogP contribution in [-0.2, 0) is 0 Å². The first kappa shape index (κ1) is 17.8. The molecule has 106 valence electrons. The van der Waals surface area contributed by atoms with E-state index in [1.54, 1.807) is 18.3 Å². The molecule has 1 aromatic heterocycles. The maximum atomic E-state index is 10.7. The van der Waals surface area contributed by atoms with Crippen molar-refractivity contribution in [1.29, 1.82) is 0 Å². The van der Waals surface area contributed by atoms with E-state index in [1.165, 1.54) is 16.0 Å². The molecule has 0 fully saturated rings. The van der Waals surface area contributed by atoms with Crippen LogP contribution in [0, 0.1) is 13.8 Å². The highest BCUT2D eigenvalue weighted by molar-refractivity contribution is 7.15. The van der Waals surface area contributed by atoms with Crippen molar-refractivity contribution < 1.29 is 4.39 Å². The number of hydrogen-bond donors (Lipinski definition) is 0. The fourth-order valence-electron chi connectivity index (χ4n) is 1.21. The lowest BCUT2D eigenvalue weighted by Crippen LogP contribution is -1.73. The van der Waals surface area contributed by atoms with Crippen molar-refractivity contribution in [2.75, 3.05) is 6.67 Å². The van der Waals surface area contributed by atoms with Gasteiger partial charge in [-0.1, -0.05) is 50.6 Å². The largest absolute Gasteiger partial charge is 0.251 e. The van der Waals surface area contributed by atoms with Crippen molar-refractivity contribution in [2.24, 2.45) is 0 Å². The Labute approximate surface area is 120 Å². The van der Waals surface area contributed by atoms with Gasteiger partial charge in [-0.2, -0.15) is 0 Å². The standard InChI is InChI=1S/C11H11NS.C3H7F.C2H6/c1-8-3-5-10(6-4-8)11-7-12-9(2)13-11;1-2-3-4;1-2/h3-7H,1-2H3;2-3H2,1H3;1-2H3. The van der Waals surface area contributed by atoms with Gasteiger partial charge in [0.05, 0.1) is 16.6 Å². The lowest BCUT2D eigenvalue weighted by molar-refractivity contribution is 0.487. The number of benzene rings is 1. The van der Waals surface area contributed by atoms with Gasteiger partial charge in [-0.05, 0) is 25.8 Å². The maximum absolute atomic E-state index is 10.7. The van der Waals surface area contributed by atoms with Crippen LogP contribution in [0.1, 0.15) is 37.8 Å². The minimum atomic E-state index is -0.181. The molecule has 0 atom stereocenters. The van der Waals surface area contributed by atoms with E-state index in [2.05, 4.69) is 36.2 Å². The molecule has 0 saturated heterocycles. The van der Waals surface area contributed by atoms with Crippen LogP contribution in [0.5, 0.6) is 0 Å². The first-order chi connectivity index (χ1) is 9.17. The Morgan fingerprint density at radius 3 is 2.00 bits per heavy atom. The molecular weight excluding hydrogens is 257 g/mol. The van der Waals surface area contributed by atoms with E-state index in [-0.39, 0.29) is 6.67 Å². The average molecular weight is 281 g/mol. The van der Waals surface area contributed by atoms with Crippen LogP contribution in [0.15, 0.2) is 30.5 Å². The first-order valence-corrected chi connectivity index (χ1v) is 7.54. The van der Waals surface area contributed by atoms with Crippen LogP contribution < -0.4 is 0 Å². The lowest BCUT2D eigenvalue weighted by atomic mass is 10.1. The molecule has 1 heterocycles. The van der Waals surface area contributed by atoms with Gasteiger partial charge in [-0.25, -0.2) is 4.98 Å². The van der Waals surface area contributed by atoms with Crippen molar-refractivity contribution in [1.82, 2.24) is 4.98 Å². The van der Waals surface area contributed by atoms with Crippen LogP contribution in [0.2, 0.25) is 0 Å². The summed E-state index contributed by atoms with van der Waals surface area (Å²) >= 11 is 1.74. The number of rotatable bonds is 2. The zero-order chi connectivity index (χ0) is 14.7. The number of nitrogens with zero attached hydrogens (tertiary/aromatic N) is 1. The van der Waals surface area contributed by atoms with Gasteiger partial charge in [0.25, 0.3) is 0 Å². The summed E-state index contributed by atoms with van der Waals surface area (Å²) in [5.41, 5.74) is 2.56. The van der Waals surface area contributed by atoms with Crippen LogP contribution in [-0.4, -0.2) is 11.7 Å².